The molecule has 0 atom stereocenters. The number of hydrogen-bond acceptors (Lipinski definition) is 7. The molecule has 8 heteroatoms. The third kappa shape index (κ3) is 5.09. The van der Waals surface area contributed by atoms with E-state index in [9.17, 15) is 4.79 Å². The first-order chi connectivity index (χ1) is 14.6. The summed E-state index contributed by atoms with van der Waals surface area (Å²) >= 11 is 1.34. The molecule has 0 bridgehead atoms. The zero-order chi connectivity index (χ0) is 21.5. The van der Waals surface area contributed by atoms with Crippen LogP contribution in [0.25, 0.3) is 17.3 Å². The molecule has 0 saturated carbocycles. The average Bonchev–Trinajstić information content (AvgIpc) is 3.25. The van der Waals surface area contributed by atoms with E-state index in [0.29, 0.717) is 28.1 Å². The van der Waals surface area contributed by atoms with Gasteiger partial charge >= 0.3 is 0 Å². The minimum atomic E-state index is -0.287. The van der Waals surface area contributed by atoms with Crippen LogP contribution in [0.5, 0.6) is 23.0 Å². The molecule has 0 saturated heterocycles. The number of ether oxygens (including phenoxy) is 4. The van der Waals surface area contributed by atoms with E-state index in [4.69, 9.17) is 18.9 Å². The number of amides is 1. The van der Waals surface area contributed by atoms with E-state index in [1.165, 1.54) is 17.4 Å². The van der Waals surface area contributed by atoms with Gasteiger partial charge in [0.15, 0.2) is 16.6 Å². The number of methoxy groups -OCH3 is 4. The van der Waals surface area contributed by atoms with Gasteiger partial charge in [0, 0.05) is 23.1 Å². The molecule has 0 radical (unpaired) electrons. The Morgan fingerprint density at radius 3 is 2.27 bits per heavy atom. The average molecular weight is 426 g/mol. The number of benzene rings is 2. The van der Waals surface area contributed by atoms with Crippen LogP contribution in [-0.4, -0.2) is 39.3 Å². The highest BCUT2D eigenvalue weighted by Crippen LogP contribution is 2.33. The summed E-state index contributed by atoms with van der Waals surface area (Å²) in [5.74, 6) is 2.27. The zero-order valence-electron chi connectivity index (χ0n) is 17.1. The van der Waals surface area contributed by atoms with Crippen molar-refractivity contribution in [3.05, 3.63) is 53.4 Å². The first kappa shape index (κ1) is 21.2. The second-order valence-corrected chi connectivity index (χ2v) is 6.93. The lowest BCUT2D eigenvalue weighted by Crippen LogP contribution is -2.07. The van der Waals surface area contributed by atoms with E-state index in [2.05, 4.69) is 10.3 Å². The molecule has 1 amide bonds. The molecule has 0 fully saturated rings. The Bertz CT molecular complexity index is 1040. The smallest absolute Gasteiger partial charge is 0.250 e. The van der Waals surface area contributed by atoms with Crippen molar-refractivity contribution in [1.29, 1.82) is 0 Å². The van der Waals surface area contributed by atoms with Crippen molar-refractivity contribution in [3.63, 3.8) is 0 Å². The summed E-state index contributed by atoms with van der Waals surface area (Å²) in [6.07, 6.45) is 3.12. The van der Waals surface area contributed by atoms with Gasteiger partial charge in [0.05, 0.1) is 34.1 Å². The summed E-state index contributed by atoms with van der Waals surface area (Å²) in [7, 11) is 6.32. The quantitative estimate of drug-likeness (QED) is 0.535. The predicted molar refractivity (Wildman–Crippen MR) is 118 cm³/mol. The van der Waals surface area contributed by atoms with E-state index in [-0.39, 0.29) is 5.91 Å². The van der Waals surface area contributed by atoms with Gasteiger partial charge in [-0.25, -0.2) is 4.98 Å². The molecule has 156 valence electrons. The third-order valence-corrected chi connectivity index (χ3v) is 4.97. The molecule has 0 aliphatic heterocycles. The molecule has 3 aromatic rings. The van der Waals surface area contributed by atoms with Crippen molar-refractivity contribution < 1.29 is 23.7 Å². The predicted octanol–water partition coefficient (Wildman–Crippen LogP) is 4.50. The minimum absolute atomic E-state index is 0.287. The summed E-state index contributed by atoms with van der Waals surface area (Å²) in [4.78, 5) is 16.8. The number of nitrogens with zero attached hydrogens (tertiary/aromatic N) is 1. The molecule has 0 aliphatic carbocycles. The van der Waals surface area contributed by atoms with E-state index < -0.39 is 0 Å². The maximum atomic E-state index is 12.3. The van der Waals surface area contributed by atoms with Gasteiger partial charge in [-0.15, -0.1) is 11.3 Å². The maximum absolute atomic E-state index is 12.3. The topological polar surface area (TPSA) is 78.9 Å². The Morgan fingerprint density at radius 2 is 1.63 bits per heavy atom. The largest absolute Gasteiger partial charge is 0.497 e. The van der Waals surface area contributed by atoms with Gasteiger partial charge in [-0.3, -0.25) is 10.1 Å². The van der Waals surface area contributed by atoms with Gasteiger partial charge in [0.2, 0.25) is 5.91 Å². The Balaban J connectivity index is 1.70. The first-order valence-electron chi connectivity index (χ1n) is 8.96. The zero-order valence-corrected chi connectivity index (χ0v) is 17.9. The molecule has 1 heterocycles. The Labute approximate surface area is 178 Å². The summed E-state index contributed by atoms with van der Waals surface area (Å²) in [5, 5.41) is 5.14. The summed E-state index contributed by atoms with van der Waals surface area (Å²) in [6, 6.07) is 10.9. The van der Waals surface area contributed by atoms with Crippen molar-refractivity contribution in [2.45, 2.75) is 0 Å². The van der Waals surface area contributed by atoms with Crippen LogP contribution >= 0.6 is 11.3 Å². The highest BCUT2D eigenvalue weighted by Gasteiger charge is 2.10. The van der Waals surface area contributed by atoms with Gasteiger partial charge < -0.3 is 18.9 Å². The second-order valence-electron chi connectivity index (χ2n) is 6.08. The van der Waals surface area contributed by atoms with Crippen LogP contribution in [0.2, 0.25) is 0 Å². The van der Waals surface area contributed by atoms with Crippen molar-refractivity contribution in [2.24, 2.45) is 0 Å². The summed E-state index contributed by atoms with van der Waals surface area (Å²) < 4.78 is 21.1. The van der Waals surface area contributed by atoms with Crippen LogP contribution in [0.3, 0.4) is 0 Å². The van der Waals surface area contributed by atoms with E-state index in [1.54, 1.807) is 40.6 Å². The summed E-state index contributed by atoms with van der Waals surface area (Å²) in [6.45, 7) is 0. The lowest BCUT2D eigenvalue weighted by atomic mass is 10.1. The Morgan fingerprint density at radius 1 is 0.933 bits per heavy atom. The van der Waals surface area contributed by atoms with Crippen molar-refractivity contribution >= 4 is 28.5 Å². The normalized spacial score (nSPS) is 10.7. The Kier molecular flexibility index (Phi) is 6.92. The fraction of sp³-hybridized carbons (Fsp3) is 0.182. The van der Waals surface area contributed by atoms with Crippen LogP contribution in [0.4, 0.5) is 5.13 Å². The molecule has 30 heavy (non-hydrogen) atoms. The number of rotatable bonds is 8. The van der Waals surface area contributed by atoms with Crippen LogP contribution in [-0.2, 0) is 4.79 Å². The Hall–Kier alpha value is -3.52. The molecule has 1 aromatic heterocycles. The van der Waals surface area contributed by atoms with Crippen molar-refractivity contribution in [2.75, 3.05) is 33.8 Å². The molecule has 1 N–H and O–H groups in total. The molecule has 0 spiro atoms. The van der Waals surface area contributed by atoms with Gasteiger partial charge in [0.1, 0.15) is 11.5 Å². The van der Waals surface area contributed by atoms with Crippen LogP contribution in [0, 0.1) is 0 Å². The van der Waals surface area contributed by atoms with Gasteiger partial charge in [0.25, 0.3) is 0 Å². The lowest BCUT2D eigenvalue weighted by Gasteiger charge is -2.08. The lowest BCUT2D eigenvalue weighted by molar-refractivity contribution is -0.111. The van der Waals surface area contributed by atoms with Crippen LogP contribution < -0.4 is 24.3 Å². The maximum Gasteiger partial charge on any atom is 0.250 e. The van der Waals surface area contributed by atoms with Crippen LogP contribution in [0.1, 0.15) is 5.56 Å². The highest BCUT2D eigenvalue weighted by molar-refractivity contribution is 7.14. The number of carbonyl (C=O) groups excluding carboxylic acids is 1. The van der Waals surface area contributed by atoms with E-state index in [1.807, 2.05) is 35.7 Å². The van der Waals surface area contributed by atoms with Crippen molar-refractivity contribution in [1.82, 2.24) is 4.98 Å². The summed E-state index contributed by atoms with van der Waals surface area (Å²) in [5.41, 5.74) is 2.38. The van der Waals surface area contributed by atoms with E-state index >= 15 is 0 Å². The number of anilines is 1. The fourth-order valence-electron chi connectivity index (χ4n) is 2.70. The van der Waals surface area contributed by atoms with Gasteiger partial charge in [-0.1, -0.05) is 0 Å². The molecule has 0 unspecified atom stereocenters. The standard InChI is InChI=1S/C22H22N2O5S/c1-26-16-9-14(10-17(12-16)27-2)5-8-21(25)24-22-23-18(13-30-22)15-6-7-19(28-3)20(11-15)29-4/h5-13H,1-4H3,(H,23,24,25)/b8-5+. The SMILES string of the molecule is COc1cc(/C=C/C(=O)Nc2nc(-c3ccc(OC)c(OC)c3)cs2)cc(OC)c1. The molecule has 7 nitrogen and oxygen atoms in total. The number of aromatic nitrogens is 1. The monoisotopic (exact) mass is 426 g/mol. The molecular weight excluding hydrogens is 404 g/mol. The molecular formula is C22H22N2O5S. The van der Waals surface area contributed by atoms with Crippen LogP contribution in [0.15, 0.2) is 47.9 Å². The highest BCUT2D eigenvalue weighted by atomic mass is 32.1. The number of hydrogen-bond donors (Lipinski definition) is 1. The van der Waals surface area contributed by atoms with Crippen molar-refractivity contribution in [3.8, 4) is 34.3 Å². The minimum Gasteiger partial charge on any atom is -0.497 e. The van der Waals surface area contributed by atoms with E-state index in [0.717, 1.165) is 16.8 Å². The van der Waals surface area contributed by atoms with Gasteiger partial charge in [-0.2, -0.15) is 0 Å². The number of carbonyl (C=O) groups is 1. The number of thiazole rings is 1. The third-order valence-electron chi connectivity index (χ3n) is 4.21. The molecule has 0 aliphatic rings. The molecule has 3 rings (SSSR count). The first-order valence-corrected chi connectivity index (χ1v) is 9.84. The molecule has 2 aromatic carbocycles. The van der Waals surface area contributed by atoms with Gasteiger partial charge in [-0.05, 0) is 42.0 Å². The second kappa shape index (κ2) is 9.80. The fourth-order valence-corrected chi connectivity index (χ4v) is 3.43. The number of nitrogens with one attached hydrogen (secondary N) is 1.